The van der Waals surface area contributed by atoms with Crippen molar-refractivity contribution < 1.29 is 5.11 Å². The quantitative estimate of drug-likeness (QED) is 0.666. The number of rotatable bonds is 5. The summed E-state index contributed by atoms with van der Waals surface area (Å²) in [5, 5.41) is 9.79. The average Bonchev–Trinajstić information content (AvgIpc) is 2.76. The fraction of sp³-hybridized carbons (Fsp3) is 0.280. The van der Waals surface area contributed by atoms with Crippen LogP contribution in [0.3, 0.4) is 0 Å². The van der Waals surface area contributed by atoms with Gasteiger partial charge in [-0.1, -0.05) is 91.0 Å². The number of aliphatic hydroxyl groups excluding tert-OH is 1. The van der Waals surface area contributed by atoms with Gasteiger partial charge in [-0.3, -0.25) is 4.90 Å². The first-order valence-electron chi connectivity index (χ1n) is 9.88. The van der Waals surface area contributed by atoms with Crippen LogP contribution in [0.5, 0.6) is 0 Å². The fourth-order valence-electron chi connectivity index (χ4n) is 4.55. The smallest absolute Gasteiger partial charge is 0.0558 e. The van der Waals surface area contributed by atoms with Crippen LogP contribution in [-0.4, -0.2) is 23.2 Å². The number of hydrogen-bond acceptors (Lipinski definition) is 2. The van der Waals surface area contributed by atoms with E-state index in [1.54, 1.807) is 0 Å². The number of nitrogens with zero attached hydrogens (tertiary/aromatic N) is 1. The van der Waals surface area contributed by atoms with Gasteiger partial charge in [0.2, 0.25) is 0 Å². The Morgan fingerprint density at radius 1 is 0.630 bits per heavy atom. The third kappa shape index (κ3) is 3.97. The van der Waals surface area contributed by atoms with E-state index in [9.17, 15) is 5.11 Å². The molecular weight excluding hydrogens is 330 g/mol. The van der Waals surface area contributed by atoms with Gasteiger partial charge in [-0.2, -0.15) is 0 Å². The van der Waals surface area contributed by atoms with Gasteiger partial charge in [0.25, 0.3) is 0 Å². The van der Waals surface area contributed by atoms with E-state index in [1.807, 2.05) is 0 Å². The van der Waals surface area contributed by atoms with Crippen LogP contribution in [0, 0.1) is 0 Å². The van der Waals surface area contributed by atoms with Crippen molar-refractivity contribution in [3.05, 3.63) is 108 Å². The third-order valence-corrected chi connectivity index (χ3v) is 5.81. The highest BCUT2D eigenvalue weighted by Crippen LogP contribution is 2.47. The van der Waals surface area contributed by atoms with Gasteiger partial charge in [0.15, 0.2) is 0 Å². The Kier molecular flexibility index (Phi) is 5.66. The zero-order valence-corrected chi connectivity index (χ0v) is 15.6. The van der Waals surface area contributed by atoms with Gasteiger partial charge in [-0.25, -0.2) is 0 Å². The molecule has 2 atom stereocenters. The lowest BCUT2D eigenvalue weighted by Gasteiger charge is -2.46. The van der Waals surface area contributed by atoms with Crippen LogP contribution in [0.2, 0.25) is 0 Å². The molecule has 0 spiro atoms. The van der Waals surface area contributed by atoms with E-state index in [0.717, 1.165) is 12.8 Å². The van der Waals surface area contributed by atoms with Gasteiger partial charge in [-0.15, -0.1) is 0 Å². The van der Waals surface area contributed by atoms with Crippen molar-refractivity contribution >= 4 is 0 Å². The number of benzene rings is 3. The first kappa shape index (κ1) is 18.0. The molecular formula is C25H27NO. The first-order chi connectivity index (χ1) is 13.4. The Labute approximate surface area is 162 Å². The minimum absolute atomic E-state index is 0.183. The number of hydrogen-bond donors (Lipinski definition) is 1. The normalized spacial score (nSPS) is 23.2. The maximum Gasteiger partial charge on any atom is 0.0558 e. The number of β-amino-alcohol motifs (C(OH)–C–C–N with tert-alkyl or cyclic N) is 1. The minimum Gasteiger partial charge on any atom is -0.395 e. The van der Waals surface area contributed by atoms with Crippen LogP contribution in [0.4, 0.5) is 0 Å². The molecule has 0 saturated carbocycles. The van der Waals surface area contributed by atoms with Gasteiger partial charge >= 0.3 is 0 Å². The number of likely N-dealkylation sites (tertiary alicyclic amines) is 1. The molecule has 2 nitrogen and oxygen atoms in total. The molecule has 3 aromatic carbocycles. The predicted octanol–water partition coefficient (Wildman–Crippen LogP) is 5.34. The summed E-state index contributed by atoms with van der Waals surface area (Å²) in [6.45, 7) is 0.878. The Hall–Kier alpha value is -2.42. The molecule has 3 aromatic rings. The minimum atomic E-state index is 0.183. The Bertz CT molecular complexity index is 769. The van der Waals surface area contributed by atoms with Crippen LogP contribution >= 0.6 is 0 Å². The van der Waals surface area contributed by atoms with E-state index in [1.165, 1.54) is 16.7 Å². The summed E-state index contributed by atoms with van der Waals surface area (Å²) in [5.74, 6) is 0.511. The predicted molar refractivity (Wildman–Crippen MR) is 111 cm³/mol. The first-order valence-corrected chi connectivity index (χ1v) is 9.88. The molecule has 0 amide bonds. The SMILES string of the molecule is OCCN1C(c2ccccc2)CC(c2ccccc2)CC1c1ccccc1. The van der Waals surface area contributed by atoms with Crippen LogP contribution in [0.25, 0.3) is 0 Å². The molecule has 4 rings (SSSR count). The van der Waals surface area contributed by atoms with Crippen molar-refractivity contribution in [3.8, 4) is 0 Å². The molecule has 0 bridgehead atoms. The molecule has 1 aliphatic heterocycles. The molecule has 1 saturated heterocycles. The Morgan fingerprint density at radius 3 is 1.44 bits per heavy atom. The molecule has 0 radical (unpaired) electrons. The Morgan fingerprint density at radius 2 is 1.04 bits per heavy atom. The fourth-order valence-corrected chi connectivity index (χ4v) is 4.55. The highest BCUT2D eigenvalue weighted by Gasteiger charge is 2.37. The summed E-state index contributed by atoms with van der Waals surface area (Å²) in [5.41, 5.74) is 4.10. The highest BCUT2D eigenvalue weighted by molar-refractivity contribution is 5.29. The van der Waals surface area contributed by atoms with Gasteiger partial charge in [0.05, 0.1) is 6.61 Å². The molecule has 2 unspecified atom stereocenters. The molecule has 27 heavy (non-hydrogen) atoms. The van der Waals surface area contributed by atoms with Gasteiger partial charge in [-0.05, 0) is 35.4 Å². The second kappa shape index (κ2) is 8.51. The molecule has 1 N–H and O–H groups in total. The standard InChI is InChI=1S/C25H27NO/c27-17-16-26-24(21-12-6-2-7-13-21)18-23(20-10-4-1-5-11-20)19-25(26)22-14-8-3-9-15-22/h1-15,23-25,27H,16-19H2. The second-order valence-corrected chi connectivity index (χ2v) is 7.39. The summed E-state index contributed by atoms with van der Waals surface area (Å²) in [6.07, 6.45) is 2.16. The molecule has 138 valence electrons. The zero-order valence-electron chi connectivity index (χ0n) is 15.6. The van der Waals surface area contributed by atoms with E-state index in [2.05, 4.69) is 95.9 Å². The highest BCUT2D eigenvalue weighted by atomic mass is 16.3. The summed E-state index contributed by atoms with van der Waals surface area (Å²) >= 11 is 0. The van der Waals surface area contributed by atoms with Gasteiger partial charge in [0.1, 0.15) is 0 Å². The molecule has 0 aromatic heterocycles. The summed E-state index contributed by atoms with van der Waals surface area (Å²) < 4.78 is 0. The molecule has 2 heteroatoms. The van der Waals surface area contributed by atoms with Crippen LogP contribution < -0.4 is 0 Å². The van der Waals surface area contributed by atoms with Crippen molar-refractivity contribution in [2.24, 2.45) is 0 Å². The largest absolute Gasteiger partial charge is 0.395 e. The number of aliphatic hydroxyl groups is 1. The second-order valence-electron chi connectivity index (χ2n) is 7.39. The summed E-state index contributed by atoms with van der Waals surface area (Å²) in [4.78, 5) is 2.50. The van der Waals surface area contributed by atoms with Crippen molar-refractivity contribution in [2.75, 3.05) is 13.2 Å². The third-order valence-electron chi connectivity index (χ3n) is 5.81. The lowest BCUT2D eigenvalue weighted by molar-refractivity contribution is 0.0514. The van der Waals surface area contributed by atoms with E-state index in [-0.39, 0.29) is 6.61 Å². The van der Waals surface area contributed by atoms with Crippen molar-refractivity contribution in [1.82, 2.24) is 4.90 Å². The zero-order chi connectivity index (χ0) is 18.5. The molecule has 0 aliphatic carbocycles. The summed E-state index contributed by atoms with van der Waals surface area (Å²) in [7, 11) is 0. The van der Waals surface area contributed by atoms with E-state index < -0.39 is 0 Å². The molecule has 1 heterocycles. The Balaban J connectivity index is 1.75. The monoisotopic (exact) mass is 357 g/mol. The molecule has 1 fully saturated rings. The van der Waals surface area contributed by atoms with Gasteiger partial charge in [0, 0.05) is 18.6 Å². The molecule has 1 aliphatic rings. The van der Waals surface area contributed by atoms with Crippen LogP contribution in [0.1, 0.15) is 47.5 Å². The van der Waals surface area contributed by atoms with Crippen LogP contribution in [0.15, 0.2) is 91.0 Å². The summed E-state index contributed by atoms with van der Waals surface area (Å²) in [6, 6.07) is 33.1. The van der Waals surface area contributed by atoms with Crippen molar-refractivity contribution in [1.29, 1.82) is 0 Å². The van der Waals surface area contributed by atoms with E-state index >= 15 is 0 Å². The maximum absolute atomic E-state index is 9.79. The lowest BCUT2D eigenvalue weighted by atomic mass is 9.77. The van der Waals surface area contributed by atoms with Crippen molar-refractivity contribution in [2.45, 2.75) is 30.8 Å². The topological polar surface area (TPSA) is 23.5 Å². The van der Waals surface area contributed by atoms with E-state index in [0.29, 0.717) is 24.5 Å². The van der Waals surface area contributed by atoms with Gasteiger partial charge < -0.3 is 5.11 Å². The maximum atomic E-state index is 9.79. The van der Waals surface area contributed by atoms with Crippen LogP contribution in [-0.2, 0) is 0 Å². The van der Waals surface area contributed by atoms with E-state index in [4.69, 9.17) is 0 Å². The van der Waals surface area contributed by atoms with Crippen molar-refractivity contribution in [3.63, 3.8) is 0 Å². The lowest BCUT2D eigenvalue weighted by Crippen LogP contribution is -2.40. The average molecular weight is 357 g/mol. The number of piperidine rings is 1.